The Kier molecular flexibility index (Phi) is 44.2. The molecule has 0 saturated heterocycles. The van der Waals surface area contributed by atoms with Crippen molar-refractivity contribution in [3.63, 3.8) is 0 Å². The number of rotatable bonds is 11. The second kappa shape index (κ2) is 49.0. The van der Waals surface area contributed by atoms with Gasteiger partial charge in [0.05, 0.1) is 58.2 Å². The first-order chi connectivity index (χ1) is 46.3. The average Bonchev–Trinajstić information content (AvgIpc) is 0.721. The quantitative estimate of drug-likeness (QED) is 0.0235. The number of hydrogen-bond acceptors (Lipinski definition) is 1. The molecule has 5 nitrogen and oxygen atoms in total. The van der Waals surface area contributed by atoms with E-state index < -0.39 is 72.6 Å². The summed E-state index contributed by atoms with van der Waals surface area (Å²) in [5.41, 5.74) is 0. The molecule has 22 heteroatoms. The van der Waals surface area contributed by atoms with Gasteiger partial charge in [0.25, 0.3) is 0 Å². The molecular weight excluding hydrogens is 1750 g/mol. The van der Waals surface area contributed by atoms with Gasteiger partial charge in [-0.15, -0.1) is 16.6 Å². The van der Waals surface area contributed by atoms with E-state index in [0.29, 0.717) is 0 Å². The van der Waals surface area contributed by atoms with Gasteiger partial charge in [-0.3, -0.25) is 17.6 Å². The Morgan fingerprint density at radius 1 is 0.265 bits per heavy atom. The zero-order valence-electron chi connectivity index (χ0n) is 50.6. The molecule has 98 heavy (non-hydrogen) atoms. The standard InChI is InChI=1S/C36H30NP2.2C12H11P.2C6F5.4CO.2Au.Mn/c1-7-19-31(20-8-1)38(32-21-9-2-10-22-32,33-23-11-3-12-24-33)37-39(34-25-13-4-14-26-34,35-27-15-5-16-28-35)36-29-17-6-18-30-36;2*1-3-7-11(8-4-1)13-12-9-5-2-6-10-12;2*7-2-1-3(8)5(10)6(11)4(2)9;4*1-2;;;/h1-30H;2*1-10,13H;;;;;;;;;/q+1;;;2*-1;;;;;2*+1;. The molecule has 0 aromatic heterocycles. The Morgan fingerprint density at radius 3 is 0.612 bits per heavy atom. The molecule has 0 bridgehead atoms. The molecular formula is C76H52Au2F10MnNO4P4+. The van der Waals surface area contributed by atoms with Gasteiger partial charge < -0.3 is 0 Å². The number of hydrogen-bond donors (Lipinski definition) is 0. The minimum Gasteiger partial charge on any atom is -0.121 e. The van der Waals surface area contributed by atoms with Crippen LogP contribution in [0.4, 0.5) is 43.9 Å². The van der Waals surface area contributed by atoms with Crippen LogP contribution in [-0.4, -0.2) is 0 Å². The monoisotopic (exact) mass is 1810 g/mol. The van der Waals surface area contributed by atoms with Gasteiger partial charge in [0.2, 0.25) is 7.41 Å². The van der Waals surface area contributed by atoms with Crippen LogP contribution in [0.25, 0.3) is 0 Å². The molecule has 0 aliphatic heterocycles. The van der Waals surface area contributed by atoms with Crippen LogP contribution in [0.2, 0.25) is 0 Å². The van der Waals surface area contributed by atoms with Gasteiger partial charge in [-0.25, -0.2) is 26.3 Å². The van der Waals surface area contributed by atoms with Crippen LogP contribution in [0.3, 0.4) is 0 Å². The molecule has 0 aliphatic carbocycles. The van der Waals surface area contributed by atoms with Crippen LogP contribution in [0, 0.1) is 96.9 Å². The molecule has 12 rings (SSSR count). The predicted molar refractivity (Wildman–Crippen MR) is 360 cm³/mol. The summed E-state index contributed by atoms with van der Waals surface area (Å²) >= 11 is 0. The van der Waals surface area contributed by atoms with Crippen LogP contribution in [0.5, 0.6) is 0 Å². The summed E-state index contributed by atoms with van der Waals surface area (Å²) in [7, 11) is -3.44. The Labute approximate surface area is 609 Å². The van der Waals surface area contributed by atoms with Crippen LogP contribution in [0.15, 0.2) is 308 Å². The molecule has 0 fully saturated rings. The van der Waals surface area contributed by atoms with E-state index in [2.05, 4.69) is 330 Å². The number of halogens is 10. The first kappa shape index (κ1) is 88.4. The molecule has 0 heterocycles. The van der Waals surface area contributed by atoms with Crippen molar-refractivity contribution in [2.24, 2.45) is 4.52 Å². The molecule has 0 N–H and O–H groups in total. The van der Waals surface area contributed by atoms with E-state index >= 15 is 0 Å². The maximum absolute atomic E-state index is 12.0. The molecule has 1 radical (unpaired) electrons. The first-order valence-corrected chi connectivity index (χ1v) is 33.0. The summed E-state index contributed by atoms with van der Waals surface area (Å²) in [6.45, 7) is 18.0. The van der Waals surface area contributed by atoms with E-state index in [1.54, 1.807) is 0 Å². The Morgan fingerprint density at radius 2 is 0.429 bits per heavy atom. The average molecular weight is 1810 g/mol. The smallest absolute Gasteiger partial charge is 0.121 e. The molecule has 0 unspecified atom stereocenters. The third-order valence-corrected chi connectivity index (χ3v) is 23.6. The molecule has 0 aliphatic rings. The Balaban J connectivity index is 0.000000671. The largest absolute Gasteiger partial charge is 0.228 e. The number of nitrogens with zero attached hydrogens (tertiary/aromatic N) is 1. The van der Waals surface area contributed by atoms with E-state index in [-0.39, 0.29) is 61.8 Å². The van der Waals surface area contributed by atoms with Crippen molar-refractivity contribution in [1.82, 2.24) is 0 Å². The van der Waals surface area contributed by atoms with Gasteiger partial charge >= 0.3 is 90.0 Å². The molecule has 503 valence electrons. The van der Waals surface area contributed by atoms with E-state index in [0.717, 1.165) is 29.3 Å². The molecule has 0 saturated carbocycles. The second-order valence-electron chi connectivity index (χ2n) is 18.5. The Bertz CT molecular complexity index is 3850. The van der Waals surface area contributed by atoms with Crippen LogP contribution in [0.1, 0.15) is 0 Å². The van der Waals surface area contributed by atoms with E-state index in [9.17, 15) is 43.9 Å². The summed E-state index contributed by atoms with van der Waals surface area (Å²) in [5, 5.41) is 13.1. The summed E-state index contributed by atoms with van der Waals surface area (Å²) in [5.74, 6) is -20.1. The van der Waals surface area contributed by atoms with Gasteiger partial charge in [0, 0.05) is 33.0 Å². The Hall–Kier alpha value is -7.58. The normalized spacial score (nSPS) is 9.61. The van der Waals surface area contributed by atoms with Crippen molar-refractivity contribution in [1.29, 1.82) is 0 Å². The third kappa shape index (κ3) is 25.6. The first-order valence-electron chi connectivity index (χ1n) is 27.6. The third-order valence-electron chi connectivity index (χ3n) is 12.7. The van der Waals surface area contributed by atoms with Gasteiger partial charge in [-0.2, -0.15) is 0 Å². The predicted octanol–water partition coefficient (Wildman–Crippen LogP) is 15.9. The van der Waals surface area contributed by atoms with Crippen molar-refractivity contribution < 1.29 is 124 Å². The zero-order valence-corrected chi connectivity index (χ0v) is 59.9. The van der Waals surface area contributed by atoms with E-state index in [1.165, 1.54) is 53.0 Å². The van der Waals surface area contributed by atoms with Crippen molar-refractivity contribution in [3.05, 3.63) is 400 Å². The minimum absolute atomic E-state index is 0. The van der Waals surface area contributed by atoms with Gasteiger partial charge in [-0.1, -0.05) is 284 Å². The van der Waals surface area contributed by atoms with Gasteiger partial charge in [-0.05, 0) is 57.6 Å². The summed E-state index contributed by atoms with van der Waals surface area (Å²) in [4.78, 5) is 0. The zero-order chi connectivity index (χ0) is 69.4. The fraction of sp³-hybridized carbons (Fsp3) is 0. The summed E-state index contributed by atoms with van der Waals surface area (Å²) in [6, 6.07) is 110. The van der Waals surface area contributed by atoms with E-state index in [4.69, 9.17) is 23.1 Å². The minimum atomic E-state index is -2.50. The van der Waals surface area contributed by atoms with Gasteiger partial charge in [0.1, 0.15) is 23.0 Å². The summed E-state index contributed by atoms with van der Waals surface area (Å²) in [6.07, 6.45) is 0. The molecule has 0 spiro atoms. The SMILES string of the molecule is Fc1[c-]c(F)c(F)c(F)c1F.Fc1[c-]c(F)c(F)c(F)c1F.[Au+].[Au+].[C-]#[O+].[C-]#[O+].[C-]#[O+].[C-]#[O+].[Mn].c1ccc(P(=N[P+](c2ccccc2)(c2ccccc2)c2ccccc2)(c2ccccc2)c2ccccc2)cc1.c1ccc(Pc2ccccc2)cc1.c1ccc(Pc2ccccc2)cc1. The fourth-order valence-corrected chi connectivity index (χ4v) is 20.3. The maximum Gasteiger partial charge on any atom is 0.228 e. The van der Waals surface area contributed by atoms with Crippen molar-refractivity contribution >= 4 is 84.7 Å². The molecule has 12 aromatic rings. The topological polar surface area (TPSA) is 92.0 Å². The molecule has 0 atom stereocenters. The van der Waals surface area contributed by atoms with Crippen LogP contribution < -0.4 is 53.0 Å². The van der Waals surface area contributed by atoms with Crippen LogP contribution in [-0.2, 0) is 80.4 Å². The van der Waals surface area contributed by atoms with Crippen molar-refractivity contribution in [2.75, 3.05) is 0 Å². The van der Waals surface area contributed by atoms with E-state index in [1.807, 2.05) is 0 Å². The van der Waals surface area contributed by atoms with Gasteiger partial charge in [0.15, 0.2) is 0 Å². The summed E-state index contributed by atoms with van der Waals surface area (Å²) < 4.78 is 156. The maximum atomic E-state index is 12.0. The van der Waals surface area contributed by atoms with Crippen molar-refractivity contribution in [2.45, 2.75) is 0 Å². The fourth-order valence-electron chi connectivity index (χ4n) is 8.68. The van der Waals surface area contributed by atoms with Crippen LogP contribution >= 0.6 is 31.6 Å². The molecule has 0 amide bonds. The second-order valence-corrected chi connectivity index (χ2v) is 27.6. The number of benzene rings is 12. The van der Waals surface area contributed by atoms with Crippen molar-refractivity contribution in [3.8, 4) is 0 Å². The molecule has 12 aromatic carbocycles.